The fraction of sp³-hybridized carbons (Fsp3) is 1.00. The molecule has 2 bridgehead atoms. The molecule has 11 heavy (non-hydrogen) atoms. The van der Waals surface area contributed by atoms with Gasteiger partial charge in [-0.15, -0.1) is 10.9 Å². The van der Waals surface area contributed by atoms with E-state index in [-0.39, 0.29) is 24.8 Å². The van der Waals surface area contributed by atoms with E-state index >= 15 is 0 Å². The van der Waals surface area contributed by atoms with Gasteiger partial charge < -0.3 is 24.8 Å². The number of nitrogens with two attached hydrogens (primary N) is 1. The van der Waals surface area contributed by atoms with Crippen molar-refractivity contribution in [3.8, 4) is 0 Å². The number of halogens is 2. The van der Waals surface area contributed by atoms with Crippen LogP contribution in [0.25, 0.3) is 0 Å². The second kappa shape index (κ2) is 5.17. The molecule has 0 radical (unpaired) electrons. The highest BCUT2D eigenvalue weighted by atomic mass is 35.5. The second-order valence-electron chi connectivity index (χ2n) is 3.03. The number of quaternary nitrogens is 1. The zero-order valence-electron chi connectivity index (χ0n) is 6.32. The lowest BCUT2D eigenvalue weighted by atomic mass is 9.93. The van der Waals surface area contributed by atoms with Crippen molar-refractivity contribution in [2.75, 3.05) is 0 Å². The summed E-state index contributed by atoms with van der Waals surface area (Å²) >= 11 is 0. The Kier molecular flexibility index (Phi) is 5.38. The van der Waals surface area contributed by atoms with Crippen LogP contribution in [0.3, 0.4) is 0 Å². The molecule has 3 rings (SSSR count). The molecule has 5 heteroatoms. The molecule has 0 amide bonds. The standard InChI is InChI=1S/C6H13N3.2ClH/c1-2-6-4-3-5(1)7-9-8-6;;/h5-9H,1-4H2;2*1H/p-1. The van der Waals surface area contributed by atoms with Gasteiger partial charge in [0.2, 0.25) is 0 Å². The van der Waals surface area contributed by atoms with Gasteiger partial charge in [-0.1, -0.05) is 0 Å². The van der Waals surface area contributed by atoms with E-state index in [0.29, 0.717) is 0 Å². The van der Waals surface area contributed by atoms with Gasteiger partial charge in [-0.3, -0.25) is 0 Å². The zero-order chi connectivity index (χ0) is 6.10. The van der Waals surface area contributed by atoms with Crippen molar-refractivity contribution >= 4 is 0 Å². The molecule has 3 fully saturated rings. The van der Waals surface area contributed by atoms with Crippen molar-refractivity contribution in [2.45, 2.75) is 37.8 Å². The van der Waals surface area contributed by atoms with Gasteiger partial charge in [0.1, 0.15) is 0 Å². The maximum absolute atomic E-state index is 3.34. The minimum absolute atomic E-state index is 0. The Balaban J connectivity index is 0.000000500. The van der Waals surface area contributed by atoms with Crippen molar-refractivity contribution in [2.24, 2.45) is 0 Å². The summed E-state index contributed by atoms with van der Waals surface area (Å²) in [7, 11) is 0. The van der Waals surface area contributed by atoms with Gasteiger partial charge in [0.05, 0.1) is 12.1 Å². The highest BCUT2D eigenvalue weighted by Crippen LogP contribution is 2.17. The van der Waals surface area contributed by atoms with Gasteiger partial charge >= 0.3 is 0 Å². The van der Waals surface area contributed by atoms with E-state index in [1.165, 1.54) is 25.7 Å². The lowest BCUT2D eigenvalue weighted by Gasteiger charge is -2.18. The predicted molar refractivity (Wildman–Crippen MR) is 34.2 cm³/mol. The lowest BCUT2D eigenvalue weighted by Crippen LogP contribution is -3.02. The summed E-state index contributed by atoms with van der Waals surface area (Å²) in [6.07, 6.45) is 5.42. The fourth-order valence-corrected chi connectivity index (χ4v) is 1.71. The molecular weight excluding hydrogens is 185 g/mol. The van der Waals surface area contributed by atoms with Gasteiger partial charge in [-0.2, -0.15) is 5.53 Å². The molecule has 2 saturated heterocycles. The molecule has 0 spiro atoms. The quantitative estimate of drug-likeness (QED) is 0.339. The molecule has 0 unspecified atom stereocenters. The highest BCUT2D eigenvalue weighted by Gasteiger charge is 2.26. The van der Waals surface area contributed by atoms with E-state index in [2.05, 4.69) is 10.9 Å². The lowest BCUT2D eigenvalue weighted by molar-refractivity contribution is -0.766. The first-order chi connectivity index (χ1) is 4.45. The summed E-state index contributed by atoms with van der Waals surface area (Å²) in [4.78, 5) is 0. The van der Waals surface area contributed by atoms with Crippen LogP contribution in [0.15, 0.2) is 0 Å². The Hall–Kier alpha value is 0.460. The third kappa shape index (κ3) is 2.76. The van der Waals surface area contributed by atoms with Crippen LogP contribution in [0.1, 0.15) is 25.7 Å². The number of rotatable bonds is 0. The molecule has 68 valence electrons. The smallest absolute Gasteiger partial charge is 0.0576 e. The molecule has 2 aliphatic heterocycles. The van der Waals surface area contributed by atoms with Crippen LogP contribution in [0.5, 0.6) is 0 Å². The van der Waals surface area contributed by atoms with E-state index < -0.39 is 0 Å². The first-order valence-electron chi connectivity index (χ1n) is 3.79. The van der Waals surface area contributed by atoms with Crippen molar-refractivity contribution in [3.05, 3.63) is 0 Å². The van der Waals surface area contributed by atoms with Gasteiger partial charge in [-0.05, 0) is 25.7 Å². The minimum Gasteiger partial charge on any atom is -1.00 e. The van der Waals surface area contributed by atoms with Gasteiger partial charge in [-0.25, -0.2) is 0 Å². The maximum atomic E-state index is 3.34. The van der Waals surface area contributed by atoms with Crippen LogP contribution in [0, 0.1) is 0 Å². The largest absolute Gasteiger partial charge is 1.00 e. The molecule has 1 saturated carbocycles. The number of hydrogen-bond acceptors (Lipinski definition) is 2. The van der Waals surface area contributed by atoms with Crippen LogP contribution >= 0.6 is 0 Å². The molecule has 3 aliphatic rings. The first-order valence-corrected chi connectivity index (χ1v) is 3.79. The summed E-state index contributed by atoms with van der Waals surface area (Å²) < 4.78 is 0. The summed E-state index contributed by atoms with van der Waals surface area (Å²) in [5, 5.41) is 0. The Morgan fingerprint density at radius 1 is 0.818 bits per heavy atom. The van der Waals surface area contributed by atoms with Crippen LogP contribution in [0.4, 0.5) is 0 Å². The van der Waals surface area contributed by atoms with Crippen LogP contribution in [0.2, 0.25) is 0 Å². The van der Waals surface area contributed by atoms with Crippen molar-refractivity contribution < 1.29 is 30.3 Å². The molecule has 4 N–H and O–H groups in total. The summed E-state index contributed by atoms with van der Waals surface area (Å²) in [6.45, 7) is 0. The number of nitrogens with one attached hydrogen (secondary N) is 2. The topological polar surface area (TPSA) is 40.7 Å². The fourth-order valence-electron chi connectivity index (χ4n) is 1.71. The monoisotopic (exact) mass is 198 g/mol. The van der Waals surface area contributed by atoms with Crippen LogP contribution < -0.4 is 41.2 Å². The molecular formula is C6H14Cl2N3-. The maximum Gasteiger partial charge on any atom is 0.0576 e. The molecule has 0 aromatic carbocycles. The Labute approximate surface area is 79.4 Å². The van der Waals surface area contributed by atoms with E-state index in [1.807, 2.05) is 5.53 Å². The summed E-state index contributed by atoms with van der Waals surface area (Å²) in [6, 6.07) is 1.55. The molecule has 0 atom stereocenters. The second-order valence-corrected chi connectivity index (χ2v) is 3.03. The third-order valence-corrected chi connectivity index (χ3v) is 2.37. The molecule has 1 aliphatic carbocycles. The molecule has 0 aromatic heterocycles. The average molecular weight is 199 g/mol. The highest BCUT2D eigenvalue weighted by molar-refractivity contribution is 4.77. The summed E-state index contributed by atoms with van der Waals surface area (Å²) in [5.41, 5.74) is 8.70. The normalized spacial score (nSPS) is 34.9. The van der Waals surface area contributed by atoms with Gasteiger partial charge in [0.15, 0.2) is 0 Å². The van der Waals surface area contributed by atoms with Gasteiger partial charge in [0, 0.05) is 0 Å². The van der Waals surface area contributed by atoms with Crippen molar-refractivity contribution in [3.63, 3.8) is 0 Å². The first kappa shape index (κ1) is 11.5. The predicted octanol–water partition coefficient (Wildman–Crippen LogP) is -7.11. The van der Waals surface area contributed by atoms with Crippen LogP contribution in [-0.2, 0) is 0 Å². The van der Waals surface area contributed by atoms with E-state index in [0.717, 1.165) is 12.1 Å². The van der Waals surface area contributed by atoms with E-state index in [9.17, 15) is 0 Å². The summed E-state index contributed by atoms with van der Waals surface area (Å²) in [5.74, 6) is 0. The SMILES string of the molecule is C1CC2CCC1N[NH2+]N2.[Cl-].[Cl-]. The van der Waals surface area contributed by atoms with Gasteiger partial charge in [0.25, 0.3) is 0 Å². The average Bonchev–Trinajstić information content (AvgIpc) is 2.21. The number of hydrogen-bond donors (Lipinski definition) is 3. The van der Waals surface area contributed by atoms with E-state index in [4.69, 9.17) is 0 Å². The Morgan fingerprint density at radius 2 is 1.18 bits per heavy atom. The molecule has 2 heterocycles. The van der Waals surface area contributed by atoms with Crippen LogP contribution in [-0.4, -0.2) is 12.1 Å². The Bertz CT molecular complexity index is 86.5. The number of fused-ring (bicyclic) bond motifs is 4. The zero-order valence-corrected chi connectivity index (χ0v) is 7.83. The third-order valence-electron chi connectivity index (χ3n) is 2.37. The Morgan fingerprint density at radius 3 is 1.55 bits per heavy atom. The van der Waals surface area contributed by atoms with Crippen molar-refractivity contribution in [1.29, 1.82) is 0 Å². The van der Waals surface area contributed by atoms with Crippen molar-refractivity contribution in [1.82, 2.24) is 10.9 Å². The minimum atomic E-state index is 0. The van der Waals surface area contributed by atoms with E-state index in [1.54, 1.807) is 0 Å². The molecule has 3 nitrogen and oxygen atoms in total. The molecule has 0 aromatic rings.